The number of ether oxygens (including phenoxy) is 4. The Labute approximate surface area is 128 Å². The second-order valence-electron chi connectivity index (χ2n) is 3.99. The van der Waals surface area contributed by atoms with Gasteiger partial charge < -0.3 is 29.2 Å². The summed E-state index contributed by atoms with van der Waals surface area (Å²) in [5.41, 5.74) is 0. The van der Waals surface area contributed by atoms with Crippen molar-refractivity contribution in [1.29, 1.82) is 0 Å². The highest BCUT2D eigenvalue weighted by Gasteiger charge is 1.99. The maximum Gasteiger partial charge on any atom is 0.118 e. The number of aliphatic hydroxyl groups is 2. The standard InChI is InChI=1S/C9H18O4.C6H12O2/c1-3-13-9(2)8-12-7-6-11-5-4-10;1-2-8-6-4-3-5-7/h3,9-10H,1,4-8H2,2H3;2,7H,1,3-6H2. The molecule has 6 nitrogen and oxygen atoms in total. The van der Waals surface area contributed by atoms with Crippen LogP contribution in [0, 0.1) is 0 Å². The van der Waals surface area contributed by atoms with Crippen molar-refractivity contribution >= 4 is 0 Å². The highest BCUT2D eigenvalue weighted by molar-refractivity contribution is 4.55. The quantitative estimate of drug-likeness (QED) is 0.374. The molecular weight excluding hydrogens is 276 g/mol. The molecule has 0 amide bonds. The van der Waals surface area contributed by atoms with Crippen molar-refractivity contribution in [3.05, 3.63) is 25.7 Å². The first-order chi connectivity index (χ1) is 10.2. The zero-order valence-corrected chi connectivity index (χ0v) is 13.0. The summed E-state index contributed by atoms with van der Waals surface area (Å²) in [5.74, 6) is 0. The van der Waals surface area contributed by atoms with Crippen molar-refractivity contribution < 1.29 is 29.2 Å². The molecule has 0 aromatic carbocycles. The van der Waals surface area contributed by atoms with Gasteiger partial charge in [0, 0.05) is 6.61 Å². The summed E-state index contributed by atoms with van der Waals surface area (Å²) >= 11 is 0. The van der Waals surface area contributed by atoms with Crippen molar-refractivity contribution in [2.75, 3.05) is 46.2 Å². The summed E-state index contributed by atoms with van der Waals surface area (Å²) in [6, 6.07) is 0. The van der Waals surface area contributed by atoms with E-state index in [0.717, 1.165) is 12.8 Å². The van der Waals surface area contributed by atoms with Crippen LogP contribution in [0.1, 0.15) is 19.8 Å². The first kappa shape index (κ1) is 22.2. The van der Waals surface area contributed by atoms with Crippen LogP contribution in [0.3, 0.4) is 0 Å². The summed E-state index contributed by atoms with van der Waals surface area (Å²) in [4.78, 5) is 0. The number of rotatable bonds is 14. The van der Waals surface area contributed by atoms with Gasteiger partial charge >= 0.3 is 0 Å². The molecule has 0 heterocycles. The Morgan fingerprint density at radius 2 is 1.62 bits per heavy atom. The fraction of sp³-hybridized carbons (Fsp3) is 0.733. The normalized spacial score (nSPS) is 11.0. The monoisotopic (exact) mass is 306 g/mol. The largest absolute Gasteiger partial charge is 0.502 e. The molecule has 0 rings (SSSR count). The Morgan fingerprint density at radius 3 is 2.19 bits per heavy atom. The van der Waals surface area contributed by atoms with Gasteiger partial charge in [0.1, 0.15) is 6.10 Å². The lowest BCUT2D eigenvalue weighted by molar-refractivity contribution is -0.00101. The van der Waals surface area contributed by atoms with Crippen LogP contribution in [0.5, 0.6) is 0 Å². The molecule has 0 aliphatic rings. The molecule has 1 atom stereocenters. The predicted molar refractivity (Wildman–Crippen MR) is 81.9 cm³/mol. The summed E-state index contributed by atoms with van der Waals surface area (Å²) in [6.07, 6.45) is 4.56. The molecule has 0 aliphatic carbocycles. The molecule has 1 unspecified atom stereocenters. The molecule has 0 saturated heterocycles. The van der Waals surface area contributed by atoms with E-state index in [4.69, 9.17) is 29.2 Å². The number of hydrogen-bond donors (Lipinski definition) is 2. The summed E-state index contributed by atoms with van der Waals surface area (Å²) in [5, 5.41) is 16.7. The van der Waals surface area contributed by atoms with Gasteiger partial charge in [-0.25, -0.2) is 0 Å². The van der Waals surface area contributed by atoms with Gasteiger partial charge in [-0.2, -0.15) is 0 Å². The summed E-state index contributed by atoms with van der Waals surface area (Å²) in [7, 11) is 0. The first-order valence-electron chi connectivity index (χ1n) is 7.09. The van der Waals surface area contributed by atoms with E-state index in [-0.39, 0.29) is 19.3 Å². The van der Waals surface area contributed by atoms with Gasteiger partial charge in [-0.3, -0.25) is 0 Å². The van der Waals surface area contributed by atoms with E-state index < -0.39 is 0 Å². The van der Waals surface area contributed by atoms with E-state index in [9.17, 15) is 0 Å². The van der Waals surface area contributed by atoms with E-state index in [2.05, 4.69) is 13.2 Å². The molecule has 0 fully saturated rings. The molecule has 2 N–H and O–H groups in total. The maximum atomic E-state index is 8.38. The number of unbranched alkanes of at least 4 members (excludes halogenated alkanes) is 1. The van der Waals surface area contributed by atoms with Crippen LogP contribution >= 0.6 is 0 Å². The lowest BCUT2D eigenvalue weighted by atomic mass is 10.3. The lowest BCUT2D eigenvalue weighted by Crippen LogP contribution is -2.16. The van der Waals surface area contributed by atoms with Crippen molar-refractivity contribution in [2.45, 2.75) is 25.9 Å². The molecule has 0 bridgehead atoms. The van der Waals surface area contributed by atoms with Gasteiger partial charge in [-0.1, -0.05) is 13.2 Å². The van der Waals surface area contributed by atoms with E-state index >= 15 is 0 Å². The fourth-order valence-corrected chi connectivity index (χ4v) is 1.12. The van der Waals surface area contributed by atoms with Gasteiger partial charge in [0.25, 0.3) is 0 Å². The second-order valence-corrected chi connectivity index (χ2v) is 3.99. The Hall–Kier alpha value is -1.08. The van der Waals surface area contributed by atoms with Gasteiger partial charge in [0.05, 0.1) is 52.2 Å². The highest BCUT2D eigenvalue weighted by atomic mass is 16.5. The van der Waals surface area contributed by atoms with Crippen LogP contribution in [-0.2, 0) is 18.9 Å². The van der Waals surface area contributed by atoms with Crippen molar-refractivity contribution in [3.63, 3.8) is 0 Å². The number of aliphatic hydroxyl groups excluding tert-OH is 2. The minimum Gasteiger partial charge on any atom is -0.502 e. The van der Waals surface area contributed by atoms with Crippen LogP contribution in [0.25, 0.3) is 0 Å². The Kier molecular flexibility index (Phi) is 22.4. The predicted octanol–water partition coefficient (Wildman–Crippen LogP) is 1.48. The van der Waals surface area contributed by atoms with Crippen LogP contribution in [0.2, 0.25) is 0 Å². The molecule has 0 aliphatic heterocycles. The van der Waals surface area contributed by atoms with Crippen LogP contribution in [-0.4, -0.2) is 62.6 Å². The third kappa shape index (κ3) is 24.3. The van der Waals surface area contributed by atoms with E-state index in [0.29, 0.717) is 33.0 Å². The fourth-order valence-electron chi connectivity index (χ4n) is 1.12. The van der Waals surface area contributed by atoms with Crippen LogP contribution in [0.4, 0.5) is 0 Å². The maximum absolute atomic E-state index is 8.38. The minimum atomic E-state index is 0.0235. The Bertz CT molecular complexity index is 210. The SMILES string of the molecule is C=COC(C)COCCOCCO.C=COCCCCO. The molecule has 0 saturated carbocycles. The molecule has 21 heavy (non-hydrogen) atoms. The summed E-state index contributed by atoms with van der Waals surface area (Å²) in [6.45, 7) is 11.6. The Balaban J connectivity index is 0. The zero-order valence-electron chi connectivity index (χ0n) is 13.0. The lowest BCUT2D eigenvalue weighted by Gasteiger charge is -2.11. The molecule has 0 radical (unpaired) electrons. The van der Waals surface area contributed by atoms with Crippen LogP contribution < -0.4 is 0 Å². The average Bonchev–Trinajstić information content (AvgIpc) is 2.48. The molecule has 0 aromatic heterocycles. The zero-order chi connectivity index (χ0) is 16.2. The van der Waals surface area contributed by atoms with Gasteiger partial charge in [0.15, 0.2) is 0 Å². The first-order valence-corrected chi connectivity index (χ1v) is 7.09. The second kappa shape index (κ2) is 21.2. The van der Waals surface area contributed by atoms with Gasteiger partial charge in [-0.15, -0.1) is 0 Å². The third-order valence-corrected chi connectivity index (χ3v) is 2.08. The number of hydrogen-bond acceptors (Lipinski definition) is 6. The Morgan fingerprint density at radius 1 is 0.905 bits per heavy atom. The molecule has 0 aromatic rings. The average molecular weight is 306 g/mol. The topological polar surface area (TPSA) is 77.4 Å². The molecule has 6 heteroatoms. The third-order valence-electron chi connectivity index (χ3n) is 2.08. The molecular formula is C15H30O6. The smallest absolute Gasteiger partial charge is 0.118 e. The molecule has 126 valence electrons. The highest BCUT2D eigenvalue weighted by Crippen LogP contribution is 1.91. The van der Waals surface area contributed by atoms with Crippen molar-refractivity contribution in [1.82, 2.24) is 0 Å². The van der Waals surface area contributed by atoms with Gasteiger partial charge in [0.2, 0.25) is 0 Å². The van der Waals surface area contributed by atoms with Gasteiger partial charge in [-0.05, 0) is 19.8 Å². The van der Waals surface area contributed by atoms with E-state index in [1.165, 1.54) is 12.5 Å². The molecule has 0 spiro atoms. The minimum absolute atomic E-state index is 0.0235. The van der Waals surface area contributed by atoms with E-state index in [1.54, 1.807) is 0 Å². The summed E-state index contributed by atoms with van der Waals surface area (Å²) < 4.78 is 20.0. The van der Waals surface area contributed by atoms with Crippen molar-refractivity contribution in [3.8, 4) is 0 Å². The van der Waals surface area contributed by atoms with Crippen molar-refractivity contribution in [2.24, 2.45) is 0 Å². The van der Waals surface area contributed by atoms with Crippen LogP contribution in [0.15, 0.2) is 25.7 Å². The van der Waals surface area contributed by atoms with E-state index in [1.807, 2.05) is 6.92 Å².